The zero-order chi connectivity index (χ0) is 18.2. The summed E-state index contributed by atoms with van der Waals surface area (Å²) in [7, 11) is 1.46. The molecule has 25 heavy (non-hydrogen) atoms. The minimum absolute atomic E-state index is 0.0829. The third-order valence-electron chi connectivity index (χ3n) is 3.03. The summed E-state index contributed by atoms with van der Waals surface area (Å²) in [6.07, 6.45) is 0. The second-order valence-corrected chi connectivity index (χ2v) is 4.73. The summed E-state index contributed by atoms with van der Waals surface area (Å²) < 4.78 is 38.3. The van der Waals surface area contributed by atoms with E-state index in [1.165, 1.54) is 31.4 Å². The largest absolute Gasteiger partial charge is 0.495 e. The molecule has 0 atom stereocenters. The molecule has 0 spiro atoms. The van der Waals surface area contributed by atoms with Crippen molar-refractivity contribution in [1.29, 1.82) is 0 Å². The van der Waals surface area contributed by atoms with E-state index in [1.54, 1.807) is 24.3 Å². The highest BCUT2D eigenvalue weighted by Crippen LogP contribution is 2.22. The van der Waals surface area contributed by atoms with Crippen LogP contribution in [0.2, 0.25) is 0 Å². The van der Waals surface area contributed by atoms with Gasteiger partial charge in [-0.15, -0.1) is 0 Å². The van der Waals surface area contributed by atoms with E-state index >= 15 is 0 Å². The Kier molecular flexibility index (Phi) is 6.27. The molecule has 0 radical (unpaired) electrons. The molecule has 0 saturated heterocycles. The molecule has 132 valence electrons. The number of hydrogen-bond acceptors (Lipinski definition) is 5. The maximum Gasteiger partial charge on any atom is 0.387 e. The first-order valence-electron chi connectivity index (χ1n) is 7.14. The van der Waals surface area contributed by atoms with Gasteiger partial charge in [0.1, 0.15) is 11.5 Å². The molecular formula is C17H15F2NO5. The van der Waals surface area contributed by atoms with E-state index in [1.807, 2.05) is 0 Å². The lowest BCUT2D eigenvalue weighted by Crippen LogP contribution is -2.21. The highest BCUT2D eigenvalue weighted by molar-refractivity contribution is 5.96. The molecule has 8 heteroatoms. The van der Waals surface area contributed by atoms with Crippen LogP contribution in [0, 0.1) is 0 Å². The molecule has 0 bridgehead atoms. The van der Waals surface area contributed by atoms with Gasteiger partial charge in [-0.3, -0.25) is 4.79 Å². The van der Waals surface area contributed by atoms with E-state index in [2.05, 4.69) is 10.1 Å². The summed E-state index contributed by atoms with van der Waals surface area (Å²) in [5, 5.41) is 2.55. The number of carbonyl (C=O) groups excluding carboxylic acids is 2. The average molecular weight is 351 g/mol. The van der Waals surface area contributed by atoms with Crippen molar-refractivity contribution in [1.82, 2.24) is 0 Å². The monoisotopic (exact) mass is 351 g/mol. The lowest BCUT2D eigenvalue weighted by molar-refractivity contribution is -0.119. The fourth-order valence-corrected chi connectivity index (χ4v) is 1.92. The van der Waals surface area contributed by atoms with E-state index in [9.17, 15) is 18.4 Å². The lowest BCUT2D eigenvalue weighted by Gasteiger charge is -2.10. The number of ether oxygens (including phenoxy) is 3. The minimum Gasteiger partial charge on any atom is -0.495 e. The van der Waals surface area contributed by atoms with Gasteiger partial charge in [-0.05, 0) is 36.4 Å². The standard InChI is InChI=1S/C17H15F2NO5/c1-23-14-5-3-2-4-13(14)20-15(21)10-24-16(22)11-6-8-12(9-7-11)25-17(18)19/h2-9,17H,10H2,1H3,(H,20,21). The van der Waals surface area contributed by atoms with Crippen LogP contribution in [0.1, 0.15) is 10.4 Å². The van der Waals surface area contributed by atoms with Gasteiger partial charge in [-0.25, -0.2) is 4.79 Å². The molecule has 1 N–H and O–H groups in total. The third-order valence-corrected chi connectivity index (χ3v) is 3.03. The number of para-hydroxylation sites is 2. The first-order chi connectivity index (χ1) is 12.0. The predicted octanol–water partition coefficient (Wildman–Crippen LogP) is 3.09. The summed E-state index contributed by atoms with van der Waals surface area (Å²) in [5.74, 6) is -0.925. The molecule has 0 aromatic heterocycles. The van der Waals surface area contributed by atoms with E-state index in [0.29, 0.717) is 11.4 Å². The molecule has 0 unspecified atom stereocenters. The molecule has 0 fully saturated rings. The van der Waals surface area contributed by atoms with Gasteiger partial charge in [0.25, 0.3) is 5.91 Å². The Labute approximate surface area is 142 Å². The Hall–Kier alpha value is -3.16. The number of rotatable bonds is 7. The predicted molar refractivity (Wildman–Crippen MR) is 85.0 cm³/mol. The van der Waals surface area contributed by atoms with Gasteiger partial charge < -0.3 is 19.5 Å². The maximum absolute atomic E-state index is 12.1. The van der Waals surface area contributed by atoms with Crippen LogP contribution >= 0.6 is 0 Å². The number of hydrogen-bond donors (Lipinski definition) is 1. The molecule has 1 amide bonds. The van der Waals surface area contributed by atoms with Crippen molar-refractivity contribution in [2.24, 2.45) is 0 Å². The quantitative estimate of drug-likeness (QED) is 0.776. The van der Waals surface area contributed by atoms with E-state index in [0.717, 1.165) is 0 Å². The molecule has 0 aliphatic heterocycles. The maximum atomic E-state index is 12.1. The number of anilines is 1. The van der Waals surface area contributed by atoms with Crippen LogP contribution in [-0.4, -0.2) is 32.2 Å². The van der Waals surface area contributed by atoms with Crippen molar-refractivity contribution in [3.05, 3.63) is 54.1 Å². The van der Waals surface area contributed by atoms with Gasteiger partial charge >= 0.3 is 12.6 Å². The molecule has 6 nitrogen and oxygen atoms in total. The van der Waals surface area contributed by atoms with Crippen molar-refractivity contribution in [3.63, 3.8) is 0 Å². The SMILES string of the molecule is COc1ccccc1NC(=O)COC(=O)c1ccc(OC(F)F)cc1. The number of esters is 1. The first-order valence-corrected chi connectivity index (χ1v) is 7.14. The number of nitrogens with one attached hydrogen (secondary N) is 1. The third kappa shape index (κ3) is 5.45. The Balaban J connectivity index is 1.87. The molecule has 0 aliphatic rings. The highest BCUT2D eigenvalue weighted by Gasteiger charge is 2.12. The highest BCUT2D eigenvalue weighted by atomic mass is 19.3. The lowest BCUT2D eigenvalue weighted by atomic mass is 10.2. The number of halogens is 2. The van der Waals surface area contributed by atoms with Gasteiger partial charge in [0.05, 0.1) is 18.4 Å². The van der Waals surface area contributed by atoms with E-state index < -0.39 is 25.1 Å². The molecular weight excluding hydrogens is 336 g/mol. The fraction of sp³-hybridized carbons (Fsp3) is 0.176. The van der Waals surface area contributed by atoms with Crippen molar-refractivity contribution >= 4 is 17.6 Å². The number of alkyl halides is 2. The van der Waals surface area contributed by atoms with Crippen LogP contribution in [0.15, 0.2) is 48.5 Å². The number of carbonyl (C=O) groups is 2. The molecule has 2 rings (SSSR count). The van der Waals surface area contributed by atoms with Gasteiger partial charge in [0.15, 0.2) is 6.61 Å². The van der Waals surface area contributed by atoms with Crippen molar-refractivity contribution < 1.29 is 32.6 Å². The Bertz CT molecular complexity index is 734. The fourth-order valence-electron chi connectivity index (χ4n) is 1.92. The number of benzene rings is 2. The van der Waals surface area contributed by atoms with E-state index in [-0.39, 0.29) is 11.3 Å². The Morgan fingerprint density at radius 3 is 2.40 bits per heavy atom. The van der Waals surface area contributed by atoms with Crippen molar-refractivity contribution in [3.8, 4) is 11.5 Å². The Morgan fingerprint density at radius 2 is 1.76 bits per heavy atom. The second kappa shape index (κ2) is 8.62. The van der Waals surface area contributed by atoms with Crippen LogP contribution in [0.3, 0.4) is 0 Å². The van der Waals surface area contributed by atoms with E-state index in [4.69, 9.17) is 9.47 Å². The topological polar surface area (TPSA) is 73.9 Å². The molecule has 0 aliphatic carbocycles. The number of methoxy groups -OCH3 is 1. The zero-order valence-corrected chi connectivity index (χ0v) is 13.2. The number of amides is 1. The molecule has 2 aromatic rings. The normalized spacial score (nSPS) is 10.2. The zero-order valence-electron chi connectivity index (χ0n) is 13.2. The molecule has 0 saturated carbocycles. The average Bonchev–Trinajstić information content (AvgIpc) is 2.60. The van der Waals surface area contributed by atoms with Crippen LogP contribution < -0.4 is 14.8 Å². The van der Waals surface area contributed by atoms with Gasteiger partial charge in [-0.2, -0.15) is 8.78 Å². The van der Waals surface area contributed by atoms with Crippen LogP contribution in [0.4, 0.5) is 14.5 Å². The van der Waals surface area contributed by atoms with Crippen LogP contribution in [-0.2, 0) is 9.53 Å². The smallest absolute Gasteiger partial charge is 0.387 e. The summed E-state index contributed by atoms with van der Waals surface area (Å²) in [4.78, 5) is 23.7. The molecule has 2 aromatic carbocycles. The minimum atomic E-state index is -2.95. The van der Waals surface area contributed by atoms with Gasteiger partial charge in [0, 0.05) is 0 Å². The second-order valence-electron chi connectivity index (χ2n) is 4.73. The molecule has 0 heterocycles. The van der Waals surface area contributed by atoms with Crippen molar-refractivity contribution in [2.45, 2.75) is 6.61 Å². The summed E-state index contributed by atoms with van der Waals surface area (Å²) in [6.45, 7) is -3.46. The first kappa shape index (κ1) is 18.2. The Morgan fingerprint density at radius 1 is 1.08 bits per heavy atom. The summed E-state index contributed by atoms with van der Waals surface area (Å²) >= 11 is 0. The van der Waals surface area contributed by atoms with Crippen LogP contribution in [0.5, 0.6) is 11.5 Å². The summed E-state index contributed by atoms with van der Waals surface area (Å²) in [5.41, 5.74) is 0.547. The van der Waals surface area contributed by atoms with Crippen LogP contribution in [0.25, 0.3) is 0 Å². The van der Waals surface area contributed by atoms with Gasteiger partial charge in [-0.1, -0.05) is 12.1 Å². The van der Waals surface area contributed by atoms with Gasteiger partial charge in [0.2, 0.25) is 0 Å². The van der Waals surface area contributed by atoms with Crippen molar-refractivity contribution in [2.75, 3.05) is 19.0 Å². The summed E-state index contributed by atoms with van der Waals surface area (Å²) in [6, 6.07) is 11.7.